The van der Waals surface area contributed by atoms with Gasteiger partial charge in [-0.2, -0.15) is 0 Å². The molecular formula is C31H39N3O3. The quantitative estimate of drug-likeness (QED) is 0.583. The summed E-state index contributed by atoms with van der Waals surface area (Å²) < 4.78 is 6.38. The minimum absolute atomic E-state index is 0.0444. The molecule has 0 radical (unpaired) electrons. The highest BCUT2D eigenvalue weighted by molar-refractivity contribution is 5.78. The topological polar surface area (TPSA) is 53.1 Å². The van der Waals surface area contributed by atoms with Gasteiger partial charge < -0.3 is 19.4 Å². The van der Waals surface area contributed by atoms with E-state index in [1.807, 2.05) is 11.0 Å². The van der Waals surface area contributed by atoms with E-state index in [0.717, 1.165) is 64.6 Å². The standard InChI is InChI=1S/C31H39N3O3/c35-29-14-7-13-27-26(23-24-9-3-1-4-10-24)28(15-17-31(27)16-8-18-34(29)31)37-30(36)33-21-19-32(20-22-33)25-11-5-2-6-12-25/h1-6,9-12,26-28H,7-8,13-23H2/t26-,27+,28+,31-/m1/s1. The Morgan fingerprint density at radius 1 is 0.865 bits per heavy atom. The monoisotopic (exact) mass is 501 g/mol. The molecule has 0 unspecified atom stereocenters. The first kappa shape index (κ1) is 24.3. The maximum Gasteiger partial charge on any atom is 0.410 e. The molecular weight excluding hydrogens is 462 g/mol. The molecule has 0 N–H and O–H groups in total. The molecule has 0 bridgehead atoms. The molecule has 3 saturated heterocycles. The number of piperazine rings is 1. The van der Waals surface area contributed by atoms with E-state index in [-0.39, 0.29) is 23.7 Å². The van der Waals surface area contributed by atoms with E-state index in [1.165, 1.54) is 11.3 Å². The Hall–Kier alpha value is -3.02. The van der Waals surface area contributed by atoms with Crippen LogP contribution in [0.3, 0.4) is 0 Å². The molecule has 1 spiro atoms. The van der Waals surface area contributed by atoms with Crippen molar-refractivity contribution in [1.29, 1.82) is 0 Å². The third-order valence-corrected chi connectivity index (χ3v) is 9.51. The molecule has 3 heterocycles. The van der Waals surface area contributed by atoms with Gasteiger partial charge in [-0.3, -0.25) is 4.79 Å². The van der Waals surface area contributed by atoms with Crippen molar-refractivity contribution in [3.63, 3.8) is 0 Å². The SMILES string of the molecule is O=C(O[C@H]1CC[C@@]23CCCN2C(=O)CCC[C@H]3[C@H]1Cc1ccccc1)N1CCN(c2ccccc2)CC1. The maximum absolute atomic E-state index is 13.4. The Labute approximate surface area is 220 Å². The highest BCUT2D eigenvalue weighted by atomic mass is 16.6. The van der Waals surface area contributed by atoms with Crippen LogP contribution in [-0.4, -0.2) is 66.2 Å². The van der Waals surface area contributed by atoms with Gasteiger partial charge in [0.1, 0.15) is 6.10 Å². The summed E-state index contributed by atoms with van der Waals surface area (Å²) in [5.41, 5.74) is 2.46. The number of rotatable bonds is 4. The molecule has 1 saturated carbocycles. The molecule has 4 fully saturated rings. The van der Waals surface area contributed by atoms with Crippen LogP contribution in [0.4, 0.5) is 10.5 Å². The molecule has 196 valence electrons. The first-order chi connectivity index (χ1) is 18.1. The lowest BCUT2D eigenvalue weighted by atomic mass is 9.62. The third kappa shape index (κ3) is 4.71. The Balaban J connectivity index is 1.19. The molecule has 6 rings (SSSR count). The highest BCUT2D eigenvalue weighted by Gasteiger charge is 2.56. The summed E-state index contributed by atoms with van der Waals surface area (Å²) >= 11 is 0. The molecule has 1 aliphatic carbocycles. The summed E-state index contributed by atoms with van der Waals surface area (Å²) in [6, 6.07) is 21.0. The first-order valence-corrected chi connectivity index (χ1v) is 14.2. The van der Waals surface area contributed by atoms with Gasteiger partial charge in [0.2, 0.25) is 5.91 Å². The van der Waals surface area contributed by atoms with Gasteiger partial charge in [-0.05, 0) is 68.6 Å². The van der Waals surface area contributed by atoms with Gasteiger partial charge in [0.15, 0.2) is 0 Å². The van der Waals surface area contributed by atoms with Crippen molar-refractivity contribution in [2.45, 2.75) is 63.0 Å². The number of para-hydroxylation sites is 1. The molecule has 3 aliphatic heterocycles. The van der Waals surface area contributed by atoms with E-state index < -0.39 is 0 Å². The predicted molar refractivity (Wildman–Crippen MR) is 144 cm³/mol. The zero-order valence-corrected chi connectivity index (χ0v) is 21.8. The van der Waals surface area contributed by atoms with Crippen LogP contribution < -0.4 is 4.90 Å². The summed E-state index contributed by atoms with van der Waals surface area (Å²) in [7, 11) is 0. The minimum Gasteiger partial charge on any atom is -0.446 e. The number of amides is 2. The lowest BCUT2D eigenvalue weighted by Gasteiger charge is -2.52. The van der Waals surface area contributed by atoms with Crippen LogP contribution in [-0.2, 0) is 16.0 Å². The van der Waals surface area contributed by atoms with E-state index in [1.54, 1.807) is 0 Å². The van der Waals surface area contributed by atoms with E-state index in [2.05, 4.69) is 64.4 Å². The molecule has 37 heavy (non-hydrogen) atoms. The van der Waals surface area contributed by atoms with Crippen LogP contribution in [0.2, 0.25) is 0 Å². The summed E-state index contributed by atoms with van der Waals surface area (Å²) in [6.07, 6.45) is 7.25. The number of ether oxygens (including phenoxy) is 1. The van der Waals surface area contributed by atoms with E-state index in [4.69, 9.17) is 4.74 Å². The normalized spacial score (nSPS) is 29.9. The van der Waals surface area contributed by atoms with Crippen LogP contribution in [0, 0.1) is 11.8 Å². The van der Waals surface area contributed by atoms with Crippen LogP contribution in [0.15, 0.2) is 60.7 Å². The zero-order chi connectivity index (χ0) is 25.2. The number of carbonyl (C=O) groups excluding carboxylic acids is 2. The molecule has 4 aliphatic rings. The van der Waals surface area contributed by atoms with E-state index >= 15 is 0 Å². The van der Waals surface area contributed by atoms with Crippen LogP contribution >= 0.6 is 0 Å². The van der Waals surface area contributed by atoms with Gasteiger partial charge in [-0.15, -0.1) is 0 Å². The van der Waals surface area contributed by atoms with Crippen molar-refractivity contribution in [3.05, 3.63) is 66.2 Å². The average Bonchev–Trinajstić information content (AvgIpc) is 3.31. The smallest absolute Gasteiger partial charge is 0.410 e. The van der Waals surface area contributed by atoms with Gasteiger partial charge in [-0.1, -0.05) is 48.5 Å². The van der Waals surface area contributed by atoms with Crippen molar-refractivity contribution >= 4 is 17.7 Å². The Kier molecular flexibility index (Phi) is 6.83. The number of benzene rings is 2. The highest BCUT2D eigenvalue weighted by Crippen LogP contribution is 2.53. The molecule has 2 aromatic rings. The van der Waals surface area contributed by atoms with Crippen LogP contribution in [0.25, 0.3) is 0 Å². The number of anilines is 1. The Morgan fingerprint density at radius 3 is 2.35 bits per heavy atom. The molecule has 6 nitrogen and oxygen atoms in total. The molecule has 6 heteroatoms. The predicted octanol–water partition coefficient (Wildman–Crippen LogP) is 5.13. The minimum atomic E-state index is -0.167. The second-order valence-electron chi connectivity index (χ2n) is 11.4. The zero-order valence-electron chi connectivity index (χ0n) is 21.8. The third-order valence-electron chi connectivity index (χ3n) is 9.51. The number of carbonyl (C=O) groups is 2. The second-order valence-corrected chi connectivity index (χ2v) is 11.4. The largest absolute Gasteiger partial charge is 0.446 e. The van der Waals surface area contributed by atoms with Crippen LogP contribution in [0.1, 0.15) is 50.5 Å². The fraction of sp³-hybridized carbons (Fsp3) is 0.548. The van der Waals surface area contributed by atoms with Crippen molar-refractivity contribution in [2.75, 3.05) is 37.6 Å². The van der Waals surface area contributed by atoms with Crippen molar-refractivity contribution < 1.29 is 14.3 Å². The van der Waals surface area contributed by atoms with Crippen molar-refractivity contribution in [1.82, 2.24) is 9.80 Å². The molecule has 2 aromatic carbocycles. The fourth-order valence-corrected chi connectivity index (χ4v) is 7.76. The number of hydrogen-bond acceptors (Lipinski definition) is 4. The molecule has 2 amide bonds. The fourth-order valence-electron chi connectivity index (χ4n) is 7.76. The summed E-state index contributed by atoms with van der Waals surface area (Å²) in [4.78, 5) is 32.9. The summed E-state index contributed by atoms with van der Waals surface area (Å²) in [6.45, 7) is 3.89. The Morgan fingerprint density at radius 2 is 1.59 bits per heavy atom. The van der Waals surface area contributed by atoms with E-state index in [0.29, 0.717) is 31.3 Å². The molecule has 0 aromatic heterocycles. The van der Waals surface area contributed by atoms with Crippen molar-refractivity contribution in [3.8, 4) is 0 Å². The van der Waals surface area contributed by atoms with Gasteiger partial charge in [0.25, 0.3) is 0 Å². The number of nitrogens with zero attached hydrogens (tertiary/aromatic N) is 3. The second kappa shape index (κ2) is 10.4. The van der Waals surface area contributed by atoms with E-state index in [9.17, 15) is 9.59 Å². The first-order valence-electron chi connectivity index (χ1n) is 14.2. The average molecular weight is 502 g/mol. The lowest BCUT2D eigenvalue weighted by molar-refractivity contribution is -0.141. The maximum atomic E-state index is 13.4. The summed E-state index contributed by atoms with van der Waals surface area (Å²) in [5, 5.41) is 0. The molecule has 4 atom stereocenters. The summed E-state index contributed by atoms with van der Waals surface area (Å²) in [5.74, 6) is 0.950. The van der Waals surface area contributed by atoms with Crippen LogP contribution in [0.5, 0.6) is 0 Å². The Bertz CT molecular complexity index is 1090. The van der Waals surface area contributed by atoms with Gasteiger partial charge >= 0.3 is 6.09 Å². The van der Waals surface area contributed by atoms with Gasteiger partial charge in [-0.25, -0.2) is 4.79 Å². The number of hydrogen-bond donors (Lipinski definition) is 0. The van der Waals surface area contributed by atoms with Gasteiger partial charge in [0, 0.05) is 56.3 Å². The van der Waals surface area contributed by atoms with Crippen molar-refractivity contribution in [2.24, 2.45) is 11.8 Å². The lowest BCUT2D eigenvalue weighted by Crippen LogP contribution is -2.59. The van der Waals surface area contributed by atoms with Gasteiger partial charge in [0.05, 0.1) is 0 Å².